The Morgan fingerprint density at radius 1 is 1.33 bits per heavy atom. The number of pyridine rings is 1. The maximum atomic E-state index is 13.6. The lowest BCUT2D eigenvalue weighted by molar-refractivity contribution is -0.128. The topological polar surface area (TPSA) is 128 Å². The number of rotatable bonds is 9. The summed E-state index contributed by atoms with van der Waals surface area (Å²) in [5, 5.41) is 16.4. The molecule has 1 saturated heterocycles. The highest BCUT2D eigenvalue weighted by Gasteiger charge is 2.35. The van der Waals surface area contributed by atoms with Gasteiger partial charge in [0.25, 0.3) is 11.8 Å². The number of nitriles is 1. The second-order valence-electron chi connectivity index (χ2n) is 11.4. The molecule has 4 amide bonds. The van der Waals surface area contributed by atoms with Gasteiger partial charge >= 0.3 is 6.03 Å². The van der Waals surface area contributed by atoms with Gasteiger partial charge in [-0.3, -0.25) is 14.5 Å². The first-order valence-corrected chi connectivity index (χ1v) is 15.1. The molecule has 0 radical (unpaired) electrons. The minimum absolute atomic E-state index is 0.0130. The van der Waals surface area contributed by atoms with Gasteiger partial charge in [0.2, 0.25) is 0 Å². The van der Waals surface area contributed by atoms with E-state index in [-0.39, 0.29) is 36.0 Å². The van der Waals surface area contributed by atoms with E-state index in [9.17, 15) is 19.6 Å². The standard InChI is InChI=1S/C32H38N6O4S/c1-8-42-32(6,7)16-21(17-33)30(40)37-15-9-10-22(18-37)35-28(39)27-26-25-24(13-14-34-29(25)43-27)38(31(41)36-26)23(20(4)5)12-11-19(2)3/h11-14,16,22H,2,8-10,15,18H2,1,3-7H3,(H,35,39)(H,36,41)/b12-11-,21-16+/t22-/m1/s1. The highest BCUT2D eigenvalue weighted by atomic mass is 32.1. The molecule has 4 rings (SSSR count). The molecular formula is C32H38N6O4S. The number of carbonyl (C=O) groups is 3. The monoisotopic (exact) mass is 602 g/mol. The molecule has 2 aliphatic rings. The lowest BCUT2D eigenvalue weighted by Gasteiger charge is -2.33. The van der Waals surface area contributed by atoms with Crippen molar-refractivity contribution >= 4 is 50.8 Å². The van der Waals surface area contributed by atoms with Gasteiger partial charge in [0, 0.05) is 37.6 Å². The average molecular weight is 603 g/mol. The van der Waals surface area contributed by atoms with Crippen LogP contribution in [0.2, 0.25) is 0 Å². The minimum Gasteiger partial charge on any atom is -0.372 e. The van der Waals surface area contributed by atoms with Crippen LogP contribution in [0.15, 0.2) is 59.5 Å². The first-order chi connectivity index (χ1) is 20.4. The summed E-state index contributed by atoms with van der Waals surface area (Å²) >= 11 is 1.21. The number of urea groups is 1. The van der Waals surface area contributed by atoms with E-state index < -0.39 is 5.60 Å². The molecule has 4 heterocycles. The van der Waals surface area contributed by atoms with Crippen LogP contribution in [0.4, 0.5) is 16.2 Å². The van der Waals surface area contributed by atoms with Crippen molar-refractivity contribution in [3.8, 4) is 6.07 Å². The number of thiophene rings is 1. The predicted octanol–water partition coefficient (Wildman–Crippen LogP) is 6.06. The molecule has 1 atom stereocenters. The quantitative estimate of drug-likeness (QED) is 0.204. The number of ether oxygens (including phenoxy) is 1. The third-order valence-electron chi connectivity index (χ3n) is 7.13. The van der Waals surface area contributed by atoms with E-state index in [1.807, 2.05) is 45.9 Å². The number of likely N-dealkylation sites (tertiary alicyclic amines) is 1. The van der Waals surface area contributed by atoms with Crippen molar-refractivity contribution in [3.63, 3.8) is 0 Å². The highest BCUT2D eigenvalue weighted by Crippen LogP contribution is 2.45. The molecule has 0 bridgehead atoms. The number of nitrogens with one attached hydrogen (secondary N) is 2. The van der Waals surface area contributed by atoms with Gasteiger partial charge in [0.05, 0.1) is 22.4 Å². The third kappa shape index (κ3) is 6.87. The maximum absolute atomic E-state index is 13.6. The minimum atomic E-state index is -0.762. The molecule has 2 aromatic heterocycles. The summed E-state index contributed by atoms with van der Waals surface area (Å²) in [6, 6.07) is 3.08. The van der Waals surface area contributed by atoms with Crippen molar-refractivity contribution < 1.29 is 19.1 Å². The number of nitrogens with zero attached hydrogens (tertiary/aromatic N) is 4. The molecule has 1 fully saturated rings. The van der Waals surface area contributed by atoms with Crippen LogP contribution in [-0.2, 0) is 9.53 Å². The lowest BCUT2D eigenvalue weighted by atomic mass is 10.0. The van der Waals surface area contributed by atoms with E-state index >= 15 is 0 Å². The Kier molecular flexibility index (Phi) is 9.52. The van der Waals surface area contributed by atoms with Crippen molar-refractivity contribution in [3.05, 3.63) is 64.4 Å². The summed E-state index contributed by atoms with van der Waals surface area (Å²) in [6.07, 6.45) is 8.24. The number of aromatic nitrogens is 1. The first kappa shape index (κ1) is 31.7. The van der Waals surface area contributed by atoms with Crippen LogP contribution >= 0.6 is 11.3 Å². The van der Waals surface area contributed by atoms with Gasteiger partial charge in [-0.1, -0.05) is 23.8 Å². The number of carbonyl (C=O) groups excluding carboxylic acids is 3. The van der Waals surface area contributed by atoms with Crippen LogP contribution in [0.3, 0.4) is 0 Å². The molecule has 11 heteroatoms. The van der Waals surface area contributed by atoms with Crippen molar-refractivity contribution in [1.82, 2.24) is 15.2 Å². The molecule has 0 aromatic carbocycles. The van der Waals surface area contributed by atoms with Gasteiger partial charge in [-0.15, -0.1) is 11.3 Å². The predicted molar refractivity (Wildman–Crippen MR) is 170 cm³/mol. The molecule has 2 N–H and O–H groups in total. The number of allylic oxidation sites excluding steroid dienone is 4. The Morgan fingerprint density at radius 2 is 2.07 bits per heavy atom. The average Bonchev–Trinajstić information content (AvgIpc) is 3.32. The fourth-order valence-electron chi connectivity index (χ4n) is 5.27. The zero-order chi connectivity index (χ0) is 31.5. The number of hydrogen-bond acceptors (Lipinski definition) is 7. The SMILES string of the molecule is C=C(C)/C=C\C(=C(C)C)N1C(=O)Nc2c(C(=O)N[C@@H]3CCCN(C(=O)/C(C#N)=C/C(C)(C)OCC)C3)sc3nccc1c23. The van der Waals surface area contributed by atoms with Crippen LogP contribution in [0, 0.1) is 11.3 Å². The molecule has 0 unspecified atom stereocenters. The van der Waals surface area contributed by atoms with Gasteiger partial charge in [-0.25, -0.2) is 9.78 Å². The summed E-state index contributed by atoms with van der Waals surface area (Å²) in [5.74, 6) is -0.738. The summed E-state index contributed by atoms with van der Waals surface area (Å²) < 4.78 is 5.64. The Morgan fingerprint density at radius 3 is 2.72 bits per heavy atom. The zero-order valence-corrected chi connectivity index (χ0v) is 26.4. The molecule has 0 saturated carbocycles. The first-order valence-electron chi connectivity index (χ1n) is 14.3. The van der Waals surface area contributed by atoms with Crippen LogP contribution < -0.4 is 15.5 Å². The summed E-state index contributed by atoms with van der Waals surface area (Å²) in [7, 11) is 0. The number of hydrogen-bond donors (Lipinski definition) is 2. The number of amides is 4. The smallest absolute Gasteiger partial charge is 0.331 e. The molecule has 226 valence electrons. The second-order valence-corrected chi connectivity index (χ2v) is 12.4. The van der Waals surface area contributed by atoms with Crippen LogP contribution in [-0.4, -0.2) is 59.1 Å². The maximum Gasteiger partial charge on any atom is 0.331 e. The van der Waals surface area contributed by atoms with Crippen LogP contribution in [0.1, 0.15) is 64.1 Å². The Hall–Kier alpha value is -4.27. The molecule has 43 heavy (non-hydrogen) atoms. The van der Waals surface area contributed by atoms with E-state index in [2.05, 4.69) is 22.2 Å². The van der Waals surface area contributed by atoms with Crippen LogP contribution in [0.5, 0.6) is 0 Å². The Balaban J connectivity index is 1.59. The van der Waals surface area contributed by atoms with Gasteiger partial charge in [-0.05, 0) is 72.6 Å². The van der Waals surface area contributed by atoms with E-state index in [1.165, 1.54) is 11.3 Å². The van der Waals surface area contributed by atoms with E-state index in [0.29, 0.717) is 58.2 Å². The van der Waals surface area contributed by atoms with Gasteiger partial charge < -0.3 is 20.3 Å². The van der Waals surface area contributed by atoms with Crippen molar-refractivity contribution in [2.75, 3.05) is 29.9 Å². The van der Waals surface area contributed by atoms with Crippen molar-refractivity contribution in [2.24, 2.45) is 0 Å². The van der Waals surface area contributed by atoms with Gasteiger partial charge in [0.1, 0.15) is 21.3 Å². The summed E-state index contributed by atoms with van der Waals surface area (Å²) in [5.41, 5.74) is 2.81. The van der Waals surface area contributed by atoms with Crippen molar-refractivity contribution in [1.29, 1.82) is 5.26 Å². The third-order valence-corrected chi connectivity index (χ3v) is 8.23. The van der Waals surface area contributed by atoms with Gasteiger partial charge in [-0.2, -0.15) is 5.26 Å². The van der Waals surface area contributed by atoms with Gasteiger partial charge in [0.15, 0.2) is 0 Å². The Labute approximate surface area is 256 Å². The van der Waals surface area contributed by atoms with E-state index in [4.69, 9.17) is 4.74 Å². The molecule has 10 nitrogen and oxygen atoms in total. The molecular weight excluding hydrogens is 564 g/mol. The number of piperidine rings is 1. The highest BCUT2D eigenvalue weighted by molar-refractivity contribution is 7.21. The van der Waals surface area contributed by atoms with E-state index in [1.54, 1.807) is 42.0 Å². The zero-order valence-electron chi connectivity index (χ0n) is 25.5. The molecule has 0 aliphatic carbocycles. The fourth-order valence-corrected chi connectivity index (χ4v) is 6.30. The second kappa shape index (κ2) is 12.9. The Bertz CT molecular complexity index is 1610. The summed E-state index contributed by atoms with van der Waals surface area (Å²) in [6.45, 7) is 16.3. The van der Waals surface area contributed by atoms with Crippen molar-refractivity contribution in [2.45, 2.75) is 66.0 Å². The van der Waals surface area contributed by atoms with E-state index in [0.717, 1.165) is 11.1 Å². The molecule has 2 aromatic rings. The summed E-state index contributed by atoms with van der Waals surface area (Å²) in [4.78, 5) is 49.0. The molecule has 0 spiro atoms. The normalized spacial score (nSPS) is 17.1. The fraction of sp³-hybridized carbons (Fsp3) is 0.406. The largest absolute Gasteiger partial charge is 0.372 e. The number of anilines is 2. The molecule has 2 aliphatic heterocycles. The van der Waals surface area contributed by atoms with Crippen LogP contribution in [0.25, 0.3) is 10.2 Å². The lowest BCUT2D eigenvalue weighted by Crippen LogP contribution is -2.50.